The number of nitrogens with one attached hydrogen (secondary N) is 2. The van der Waals surface area contributed by atoms with Crippen molar-refractivity contribution in [3.05, 3.63) is 78.5 Å². The molecule has 0 fully saturated rings. The summed E-state index contributed by atoms with van der Waals surface area (Å²) in [6.07, 6.45) is 0. The van der Waals surface area contributed by atoms with Gasteiger partial charge in [-0.25, -0.2) is 0 Å². The molecule has 4 aromatic rings. The van der Waals surface area contributed by atoms with E-state index in [1.807, 2.05) is 48.5 Å². The highest BCUT2D eigenvalue weighted by atomic mass is 16.5. The molecular formula is C21H17N3O3. The van der Waals surface area contributed by atoms with Gasteiger partial charge in [-0.3, -0.25) is 9.89 Å². The van der Waals surface area contributed by atoms with Gasteiger partial charge in [-0.05, 0) is 42.5 Å². The SMILES string of the molecule is COc1ccccc1Oc1ccc(NC(=O)c2n[nH]c3ccccc23)cc1. The van der Waals surface area contributed by atoms with Gasteiger partial charge in [0.05, 0.1) is 12.6 Å². The molecule has 0 aliphatic carbocycles. The maximum atomic E-state index is 12.5. The van der Waals surface area contributed by atoms with Crippen LogP contribution in [-0.4, -0.2) is 23.2 Å². The van der Waals surface area contributed by atoms with Crippen LogP contribution in [0.2, 0.25) is 0 Å². The minimum atomic E-state index is -0.272. The fourth-order valence-corrected chi connectivity index (χ4v) is 2.76. The van der Waals surface area contributed by atoms with E-state index in [4.69, 9.17) is 9.47 Å². The molecule has 3 aromatic carbocycles. The van der Waals surface area contributed by atoms with E-state index in [-0.39, 0.29) is 5.91 Å². The molecule has 1 aromatic heterocycles. The van der Waals surface area contributed by atoms with E-state index in [1.165, 1.54) is 0 Å². The van der Waals surface area contributed by atoms with Crippen LogP contribution in [0.15, 0.2) is 72.8 Å². The predicted octanol–water partition coefficient (Wildman–Crippen LogP) is 4.62. The zero-order chi connectivity index (χ0) is 18.6. The van der Waals surface area contributed by atoms with Crippen molar-refractivity contribution in [1.29, 1.82) is 0 Å². The lowest BCUT2D eigenvalue weighted by Gasteiger charge is -2.10. The van der Waals surface area contributed by atoms with Crippen molar-refractivity contribution in [2.24, 2.45) is 0 Å². The zero-order valence-electron chi connectivity index (χ0n) is 14.6. The molecule has 1 heterocycles. The molecule has 6 nitrogen and oxygen atoms in total. The van der Waals surface area contributed by atoms with Gasteiger partial charge in [0.2, 0.25) is 0 Å². The van der Waals surface area contributed by atoms with Crippen LogP contribution < -0.4 is 14.8 Å². The number of carbonyl (C=O) groups excluding carboxylic acids is 1. The third-order valence-electron chi connectivity index (χ3n) is 4.09. The quantitative estimate of drug-likeness (QED) is 0.545. The van der Waals surface area contributed by atoms with Gasteiger partial charge in [-0.2, -0.15) is 5.10 Å². The Morgan fingerprint density at radius 1 is 0.926 bits per heavy atom. The highest BCUT2D eigenvalue weighted by molar-refractivity contribution is 6.11. The van der Waals surface area contributed by atoms with Crippen molar-refractivity contribution in [3.63, 3.8) is 0 Å². The van der Waals surface area contributed by atoms with Gasteiger partial charge in [-0.1, -0.05) is 30.3 Å². The van der Waals surface area contributed by atoms with Crippen LogP contribution in [0.5, 0.6) is 17.2 Å². The fourth-order valence-electron chi connectivity index (χ4n) is 2.76. The van der Waals surface area contributed by atoms with Crippen LogP contribution in [-0.2, 0) is 0 Å². The van der Waals surface area contributed by atoms with Crippen LogP contribution in [0.25, 0.3) is 10.9 Å². The summed E-state index contributed by atoms with van der Waals surface area (Å²) in [4.78, 5) is 12.5. The van der Waals surface area contributed by atoms with Crippen LogP contribution in [0.1, 0.15) is 10.5 Å². The van der Waals surface area contributed by atoms with E-state index >= 15 is 0 Å². The topological polar surface area (TPSA) is 76.2 Å². The van der Waals surface area contributed by atoms with Crippen LogP contribution in [0.4, 0.5) is 5.69 Å². The van der Waals surface area contributed by atoms with Gasteiger partial charge < -0.3 is 14.8 Å². The van der Waals surface area contributed by atoms with E-state index < -0.39 is 0 Å². The molecule has 0 saturated heterocycles. The lowest BCUT2D eigenvalue weighted by Crippen LogP contribution is -2.12. The number of nitrogens with zero attached hydrogens (tertiary/aromatic N) is 1. The summed E-state index contributed by atoms with van der Waals surface area (Å²) in [6.45, 7) is 0. The van der Waals surface area contributed by atoms with Gasteiger partial charge in [0.1, 0.15) is 5.75 Å². The summed E-state index contributed by atoms with van der Waals surface area (Å²) in [7, 11) is 1.60. The number of amides is 1. The third kappa shape index (κ3) is 3.46. The largest absolute Gasteiger partial charge is 0.493 e. The molecule has 0 unspecified atom stereocenters. The number of aromatic nitrogens is 2. The second-order valence-electron chi connectivity index (χ2n) is 5.85. The number of ether oxygens (including phenoxy) is 2. The molecule has 0 spiro atoms. The van der Waals surface area contributed by atoms with Gasteiger partial charge in [0, 0.05) is 11.1 Å². The Balaban J connectivity index is 1.48. The lowest BCUT2D eigenvalue weighted by atomic mass is 10.2. The molecule has 4 rings (SSSR count). The second kappa shape index (κ2) is 7.21. The van der Waals surface area contributed by atoms with E-state index in [0.717, 1.165) is 10.9 Å². The van der Waals surface area contributed by atoms with Gasteiger partial charge in [0.25, 0.3) is 5.91 Å². The first-order chi connectivity index (χ1) is 13.2. The van der Waals surface area contributed by atoms with Crippen molar-refractivity contribution >= 4 is 22.5 Å². The standard InChI is InChI=1S/C21H17N3O3/c1-26-18-8-4-5-9-19(18)27-15-12-10-14(11-13-15)22-21(25)20-16-6-2-3-7-17(16)23-24-20/h2-13H,1H3,(H,22,25)(H,23,24). The highest BCUT2D eigenvalue weighted by Gasteiger charge is 2.14. The predicted molar refractivity (Wildman–Crippen MR) is 104 cm³/mol. The average Bonchev–Trinajstić information content (AvgIpc) is 3.14. The monoisotopic (exact) mass is 359 g/mol. The molecule has 0 radical (unpaired) electrons. The lowest BCUT2D eigenvalue weighted by molar-refractivity contribution is 0.102. The Morgan fingerprint density at radius 3 is 2.41 bits per heavy atom. The molecule has 0 bridgehead atoms. The smallest absolute Gasteiger partial charge is 0.276 e. The van der Waals surface area contributed by atoms with Crippen LogP contribution in [0, 0.1) is 0 Å². The summed E-state index contributed by atoms with van der Waals surface area (Å²) in [5.41, 5.74) is 1.84. The Hall–Kier alpha value is -3.80. The van der Waals surface area contributed by atoms with E-state index in [1.54, 1.807) is 31.4 Å². The first-order valence-electron chi connectivity index (χ1n) is 8.40. The number of hydrogen-bond donors (Lipinski definition) is 2. The maximum absolute atomic E-state index is 12.5. The Kier molecular flexibility index (Phi) is 4.45. The van der Waals surface area contributed by atoms with E-state index in [9.17, 15) is 4.79 Å². The Bertz CT molecular complexity index is 1090. The first kappa shape index (κ1) is 16.7. The first-order valence-corrected chi connectivity index (χ1v) is 8.40. The number of hydrogen-bond acceptors (Lipinski definition) is 4. The third-order valence-corrected chi connectivity index (χ3v) is 4.09. The molecule has 0 atom stereocenters. The van der Waals surface area contributed by atoms with Gasteiger partial charge in [-0.15, -0.1) is 0 Å². The molecule has 1 amide bonds. The van der Waals surface area contributed by atoms with Crippen molar-refractivity contribution in [2.45, 2.75) is 0 Å². The number of H-pyrrole nitrogens is 1. The maximum Gasteiger partial charge on any atom is 0.276 e. The Morgan fingerprint density at radius 2 is 1.63 bits per heavy atom. The molecule has 0 saturated carbocycles. The summed E-state index contributed by atoms with van der Waals surface area (Å²) >= 11 is 0. The van der Waals surface area contributed by atoms with Gasteiger partial charge in [0.15, 0.2) is 17.2 Å². The molecule has 134 valence electrons. The highest BCUT2D eigenvalue weighted by Crippen LogP contribution is 2.31. The van der Waals surface area contributed by atoms with Crippen LogP contribution >= 0.6 is 0 Å². The summed E-state index contributed by atoms with van der Waals surface area (Å²) < 4.78 is 11.1. The van der Waals surface area contributed by atoms with Crippen LogP contribution in [0.3, 0.4) is 0 Å². The number of anilines is 1. The van der Waals surface area contributed by atoms with Crippen molar-refractivity contribution in [3.8, 4) is 17.2 Å². The van der Waals surface area contributed by atoms with E-state index in [2.05, 4.69) is 15.5 Å². The molecule has 27 heavy (non-hydrogen) atoms. The number of benzene rings is 3. The number of carbonyl (C=O) groups is 1. The number of aromatic amines is 1. The molecular weight excluding hydrogens is 342 g/mol. The minimum Gasteiger partial charge on any atom is -0.493 e. The Labute approximate surface area is 155 Å². The molecule has 6 heteroatoms. The number of rotatable bonds is 5. The second-order valence-corrected chi connectivity index (χ2v) is 5.85. The summed E-state index contributed by atoms with van der Waals surface area (Å²) in [5, 5.41) is 10.6. The number of methoxy groups -OCH3 is 1. The summed E-state index contributed by atoms with van der Waals surface area (Å²) in [5.74, 6) is 1.65. The van der Waals surface area contributed by atoms with Crippen molar-refractivity contribution in [1.82, 2.24) is 10.2 Å². The molecule has 0 aliphatic rings. The molecule has 0 aliphatic heterocycles. The molecule has 2 N–H and O–H groups in total. The van der Waals surface area contributed by atoms with Gasteiger partial charge >= 0.3 is 0 Å². The normalized spacial score (nSPS) is 10.6. The zero-order valence-corrected chi connectivity index (χ0v) is 14.6. The van der Waals surface area contributed by atoms with Crippen molar-refractivity contribution < 1.29 is 14.3 Å². The van der Waals surface area contributed by atoms with E-state index in [0.29, 0.717) is 28.6 Å². The minimum absolute atomic E-state index is 0.272. The van der Waals surface area contributed by atoms with Crippen molar-refractivity contribution in [2.75, 3.05) is 12.4 Å². The average molecular weight is 359 g/mol. The summed E-state index contributed by atoms with van der Waals surface area (Å²) in [6, 6.07) is 22.0. The number of fused-ring (bicyclic) bond motifs is 1. The fraction of sp³-hybridized carbons (Fsp3) is 0.0476. The number of para-hydroxylation sites is 3.